The topological polar surface area (TPSA) is 37.3 Å². The lowest BCUT2D eigenvalue weighted by atomic mass is 10.1. The fourth-order valence-electron chi connectivity index (χ4n) is 0.816. The van der Waals surface area contributed by atoms with E-state index < -0.39 is 0 Å². The number of hydrogen-bond acceptors (Lipinski definition) is 2. The molecule has 0 unspecified atom stereocenters. The molecule has 0 aromatic heterocycles. The first kappa shape index (κ1) is 7.79. The maximum Gasteiger partial charge on any atom is 0.124 e. The van der Waals surface area contributed by atoms with Crippen LogP contribution in [0.2, 0.25) is 0 Å². The number of carbonyl (C=O) groups excluding carboxylic acids is 1. The van der Waals surface area contributed by atoms with Crippen molar-refractivity contribution in [2.24, 2.45) is 0 Å². The van der Waals surface area contributed by atoms with Crippen LogP contribution in [-0.2, 0) is 11.2 Å². The van der Waals surface area contributed by atoms with Crippen LogP contribution in [-0.4, -0.2) is 11.4 Å². The van der Waals surface area contributed by atoms with E-state index in [9.17, 15) is 4.79 Å². The highest BCUT2D eigenvalue weighted by atomic mass is 16.3. The van der Waals surface area contributed by atoms with E-state index in [-0.39, 0.29) is 5.75 Å². The molecule has 0 saturated carbocycles. The fraction of sp³-hybridized carbons (Fsp3) is 0.111. The van der Waals surface area contributed by atoms with E-state index >= 15 is 0 Å². The van der Waals surface area contributed by atoms with Gasteiger partial charge in [0.15, 0.2) is 0 Å². The molecule has 0 aliphatic carbocycles. The molecule has 0 aliphatic rings. The minimum absolute atomic E-state index is 0.250. The summed E-state index contributed by atoms with van der Waals surface area (Å²) in [6.07, 6.45) is 2.93. The lowest BCUT2D eigenvalue weighted by Gasteiger charge is -1.95. The summed E-state index contributed by atoms with van der Waals surface area (Å²) >= 11 is 0. The Balaban J connectivity index is 2.58. The number of phenolic OH excluding ortho intramolecular Hbond substituents is 1. The molecule has 0 bridgehead atoms. The van der Waals surface area contributed by atoms with Gasteiger partial charge in [-0.05, 0) is 24.1 Å². The summed E-state index contributed by atoms with van der Waals surface area (Å²) in [6.45, 7) is 0. The van der Waals surface area contributed by atoms with Gasteiger partial charge in [0.25, 0.3) is 0 Å². The van der Waals surface area contributed by atoms with E-state index in [1.807, 2.05) is 0 Å². The van der Waals surface area contributed by atoms with Crippen LogP contribution in [0.1, 0.15) is 5.56 Å². The van der Waals surface area contributed by atoms with Gasteiger partial charge in [0.05, 0.1) is 0 Å². The number of aldehydes is 1. The van der Waals surface area contributed by atoms with Gasteiger partial charge in [-0.3, -0.25) is 0 Å². The molecule has 1 radical (unpaired) electrons. The molecule has 1 rings (SSSR count). The van der Waals surface area contributed by atoms with Crippen molar-refractivity contribution in [1.82, 2.24) is 0 Å². The predicted octanol–water partition coefficient (Wildman–Crippen LogP) is 1.34. The third-order valence-corrected chi connectivity index (χ3v) is 1.39. The highest BCUT2D eigenvalue weighted by Crippen LogP contribution is 2.10. The molecule has 0 fully saturated rings. The van der Waals surface area contributed by atoms with Crippen LogP contribution in [0.15, 0.2) is 24.3 Å². The number of hydrogen-bond donors (Lipinski definition) is 1. The first-order valence-electron chi connectivity index (χ1n) is 3.38. The monoisotopic (exact) mass is 149 g/mol. The van der Waals surface area contributed by atoms with E-state index in [1.165, 1.54) is 6.42 Å². The summed E-state index contributed by atoms with van der Waals surface area (Å²) < 4.78 is 0. The van der Waals surface area contributed by atoms with Crippen molar-refractivity contribution < 1.29 is 9.90 Å². The van der Waals surface area contributed by atoms with E-state index in [0.29, 0.717) is 6.42 Å². The normalized spacial score (nSPS) is 9.45. The molecule has 2 heteroatoms. The summed E-state index contributed by atoms with van der Waals surface area (Å²) in [5.41, 5.74) is 1.02. The Labute approximate surface area is 65.5 Å². The maximum absolute atomic E-state index is 9.94. The zero-order chi connectivity index (χ0) is 8.10. The first-order chi connectivity index (χ1) is 5.33. The van der Waals surface area contributed by atoms with Gasteiger partial charge >= 0.3 is 0 Å². The smallest absolute Gasteiger partial charge is 0.124 e. The molecule has 0 spiro atoms. The molecule has 0 saturated heterocycles. The van der Waals surface area contributed by atoms with Crippen molar-refractivity contribution in [3.63, 3.8) is 0 Å². The molecule has 11 heavy (non-hydrogen) atoms. The fourth-order valence-corrected chi connectivity index (χ4v) is 0.816. The third-order valence-electron chi connectivity index (χ3n) is 1.39. The van der Waals surface area contributed by atoms with Crippen molar-refractivity contribution >= 4 is 6.29 Å². The largest absolute Gasteiger partial charge is 0.508 e. The summed E-state index contributed by atoms with van der Waals surface area (Å²) in [7, 11) is 0. The predicted molar refractivity (Wildman–Crippen MR) is 42.2 cm³/mol. The van der Waals surface area contributed by atoms with Crippen LogP contribution in [0, 0.1) is 6.42 Å². The molecule has 1 N–H and O–H groups in total. The van der Waals surface area contributed by atoms with Gasteiger partial charge in [0.2, 0.25) is 0 Å². The Kier molecular flexibility index (Phi) is 2.66. The summed E-state index contributed by atoms with van der Waals surface area (Å²) in [6, 6.07) is 6.78. The molecule has 1 aromatic rings. The van der Waals surface area contributed by atoms with Crippen LogP contribution >= 0.6 is 0 Å². The molecule has 57 valence electrons. The minimum Gasteiger partial charge on any atom is -0.508 e. The van der Waals surface area contributed by atoms with Crippen LogP contribution < -0.4 is 0 Å². The van der Waals surface area contributed by atoms with E-state index in [4.69, 9.17) is 5.11 Å². The first-order valence-corrected chi connectivity index (χ1v) is 3.38. The second-order valence-electron chi connectivity index (χ2n) is 2.24. The van der Waals surface area contributed by atoms with E-state index in [0.717, 1.165) is 11.8 Å². The molecular weight excluding hydrogens is 140 g/mol. The van der Waals surface area contributed by atoms with E-state index in [1.54, 1.807) is 24.3 Å². The Bertz CT molecular complexity index is 226. The zero-order valence-electron chi connectivity index (χ0n) is 6.03. The van der Waals surface area contributed by atoms with Crippen molar-refractivity contribution in [1.29, 1.82) is 0 Å². The SMILES string of the molecule is O=C[CH]Cc1ccc(O)cc1. The highest BCUT2D eigenvalue weighted by molar-refractivity contribution is 5.61. The Morgan fingerprint density at radius 1 is 1.27 bits per heavy atom. The Hall–Kier alpha value is -1.31. The second-order valence-corrected chi connectivity index (χ2v) is 2.24. The number of benzene rings is 1. The average molecular weight is 149 g/mol. The second kappa shape index (κ2) is 3.76. The van der Waals surface area contributed by atoms with Crippen molar-refractivity contribution in [3.05, 3.63) is 36.2 Å². The standard InChI is InChI=1S/C9H9O2/c10-7-1-2-8-3-5-9(11)6-4-8/h1,3-7,11H,2H2. The van der Waals surface area contributed by atoms with Gasteiger partial charge in [0.1, 0.15) is 12.0 Å². The lowest BCUT2D eigenvalue weighted by molar-refractivity contribution is -0.105. The third kappa shape index (κ3) is 2.42. The average Bonchev–Trinajstić information content (AvgIpc) is 2.04. The zero-order valence-corrected chi connectivity index (χ0v) is 6.03. The van der Waals surface area contributed by atoms with E-state index in [2.05, 4.69) is 0 Å². The number of phenols is 1. The Morgan fingerprint density at radius 2 is 1.91 bits per heavy atom. The molecule has 2 nitrogen and oxygen atoms in total. The summed E-state index contributed by atoms with van der Waals surface area (Å²) in [5.74, 6) is 0.250. The van der Waals surface area contributed by atoms with Gasteiger partial charge < -0.3 is 9.90 Å². The molecule has 0 heterocycles. The molecule has 0 atom stereocenters. The number of carbonyl (C=O) groups is 1. The van der Waals surface area contributed by atoms with Crippen LogP contribution in [0.4, 0.5) is 0 Å². The van der Waals surface area contributed by atoms with Gasteiger partial charge in [-0.15, -0.1) is 0 Å². The van der Waals surface area contributed by atoms with Gasteiger partial charge in [0, 0.05) is 6.42 Å². The minimum atomic E-state index is 0.250. The van der Waals surface area contributed by atoms with Crippen molar-refractivity contribution in [2.45, 2.75) is 6.42 Å². The molecule has 0 amide bonds. The number of rotatable bonds is 3. The number of aromatic hydroxyl groups is 1. The lowest BCUT2D eigenvalue weighted by Crippen LogP contribution is -1.85. The van der Waals surface area contributed by atoms with Crippen LogP contribution in [0.25, 0.3) is 0 Å². The van der Waals surface area contributed by atoms with Crippen molar-refractivity contribution in [3.8, 4) is 5.75 Å². The summed E-state index contributed by atoms with van der Waals surface area (Å²) in [4.78, 5) is 9.94. The maximum atomic E-state index is 9.94. The molecule has 1 aromatic carbocycles. The van der Waals surface area contributed by atoms with Crippen LogP contribution in [0.3, 0.4) is 0 Å². The van der Waals surface area contributed by atoms with Crippen molar-refractivity contribution in [2.75, 3.05) is 0 Å². The van der Waals surface area contributed by atoms with Gasteiger partial charge in [-0.2, -0.15) is 0 Å². The highest BCUT2D eigenvalue weighted by Gasteiger charge is 1.91. The quantitative estimate of drug-likeness (QED) is 0.658. The van der Waals surface area contributed by atoms with Gasteiger partial charge in [-0.25, -0.2) is 0 Å². The van der Waals surface area contributed by atoms with Crippen LogP contribution in [0.5, 0.6) is 5.75 Å². The molecular formula is C9H9O2. The van der Waals surface area contributed by atoms with Gasteiger partial charge in [-0.1, -0.05) is 12.1 Å². The summed E-state index contributed by atoms with van der Waals surface area (Å²) in [5, 5.41) is 8.90. The molecule has 0 aliphatic heterocycles. The Morgan fingerprint density at radius 3 is 2.45 bits per heavy atom.